The Hall–Kier alpha value is -9.28. The van der Waals surface area contributed by atoms with E-state index in [1.54, 1.807) is 92.0 Å². The molecule has 0 saturated carbocycles. The minimum atomic E-state index is -1.97. The van der Waals surface area contributed by atoms with Crippen LogP contribution in [0, 0.1) is 11.8 Å². The number of carbonyl (C=O) groups excluding carboxylic acids is 10. The lowest BCUT2D eigenvalue weighted by molar-refractivity contribution is -0.144. The summed E-state index contributed by atoms with van der Waals surface area (Å²) in [6.07, 6.45) is -1.60. The second-order valence-corrected chi connectivity index (χ2v) is 24.2. The summed E-state index contributed by atoms with van der Waals surface area (Å²) in [7, 11) is 0. The fourth-order valence-electron chi connectivity index (χ4n) is 10.1. The molecule has 17 N–H and O–H groups in total. The number of carboxylic acid groups (broad SMARTS) is 2. The standard InChI is InChI=1S/C63H84N12O15S/c1-35(2)28-43(68-54(80)42(19-11-25-64)67-61(87)53(66)36(3)4)55(81)73-48(32-41-18-13-27-91-41)62(88)75-26-12-20-50(75)60(86)72-45(30-38-16-9-6-10-17-38)57(83)69-44(29-37-14-7-5-8-15-37)56(82)70-46(33-51(65)77)58(84)71-47(34-52(78)79)59(85)74-49(63(89)90)31-39-21-23-40(76)24-22-39/h5-10,13-18,21-24,27,35-36,42-50,53,76H,11-12,19-20,25-26,28-34,64,66H2,1-4H3,(H2,65,77)(H,67,87)(H,68,80)(H,69,83)(H,70,82)(H,71,84)(H,72,86)(H,73,81)(H,74,85)(H,78,79)(H,89,90)/t42-,43-,44-,45-,46-,47-,48-,49-,50-,53-/m0/s1. The topological polar surface area (TPSA) is 443 Å². The smallest absolute Gasteiger partial charge is 0.326 e. The second-order valence-electron chi connectivity index (χ2n) is 23.1. The third kappa shape index (κ3) is 23.6. The van der Waals surface area contributed by atoms with Crippen LogP contribution in [-0.4, -0.2) is 165 Å². The highest BCUT2D eigenvalue weighted by atomic mass is 32.1. The lowest BCUT2D eigenvalue weighted by atomic mass is 10.0. The molecule has 0 radical (unpaired) electrons. The van der Waals surface area contributed by atoms with Crippen LogP contribution in [0.4, 0.5) is 0 Å². The molecule has 0 spiro atoms. The van der Waals surface area contributed by atoms with Crippen molar-refractivity contribution in [1.29, 1.82) is 0 Å². The Morgan fingerprint density at radius 3 is 1.54 bits per heavy atom. The average molecular weight is 1280 g/mol. The Morgan fingerprint density at radius 2 is 1.02 bits per heavy atom. The molecule has 1 aliphatic rings. The molecule has 4 aromatic rings. The van der Waals surface area contributed by atoms with Gasteiger partial charge in [0.1, 0.15) is 60.1 Å². The van der Waals surface area contributed by atoms with Gasteiger partial charge in [0.2, 0.25) is 59.1 Å². The fourth-order valence-corrected chi connectivity index (χ4v) is 10.8. The van der Waals surface area contributed by atoms with Crippen LogP contribution in [0.25, 0.3) is 0 Å². The zero-order valence-corrected chi connectivity index (χ0v) is 52.1. The zero-order valence-electron chi connectivity index (χ0n) is 51.3. The van der Waals surface area contributed by atoms with Crippen LogP contribution in [0.2, 0.25) is 0 Å². The number of thiophene rings is 1. The molecule has 3 aromatic carbocycles. The average Bonchev–Trinajstić information content (AvgIpc) is 3.55. The number of rotatable bonds is 36. The highest BCUT2D eigenvalue weighted by Gasteiger charge is 2.41. The van der Waals surface area contributed by atoms with Gasteiger partial charge in [-0.15, -0.1) is 11.3 Å². The third-order valence-electron chi connectivity index (χ3n) is 15.0. The number of hydrogen-bond acceptors (Lipinski definition) is 16. The molecule has 27 nitrogen and oxygen atoms in total. The Bertz CT molecular complexity index is 3140. The van der Waals surface area contributed by atoms with E-state index >= 15 is 0 Å². The van der Waals surface area contributed by atoms with Crippen LogP contribution >= 0.6 is 11.3 Å². The van der Waals surface area contributed by atoms with Gasteiger partial charge in [-0.2, -0.15) is 0 Å². The number of likely N-dealkylation sites (tertiary alicyclic amines) is 1. The number of aromatic hydroxyl groups is 1. The SMILES string of the molecule is CC(C)C[C@H](NC(=O)[C@H](CCCN)NC(=O)[C@@H](N)C(C)C)C(=O)N[C@@H](Cc1cccs1)C(=O)N1CCC[C@H]1C(=O)N[C@@H](Cc1ccccc1)C(=O)N[C@@H](Cc1ccccc1)C(=O)N[C@@H](CC(N)=O)C(=O)N[C@@H](CC(=O)O)C(=O)N[C@@H](Cc1ccc(O)cc1)C(=O)O. The van der Waals surface area contributed by atoms with Crippen LogP contribution in [0.3, 0.4) is 0 Å². The molecule has 492 valence electrons. The number of primary amides is 1. The van der Waals surface area contributed by atoms with Crippen molar-refractivity contribution in [3.8, 4) is 5.75 Å². The van der Waals surface area contributed by atoms with Crippen LogP contribution in [0.15, 0.2) is 102 Å². The maximum Gasteiger partial charge on any atom is 0.326 e. The highest BCUT2D eigenvalue weighted by Crippen LogP contribution is 2.23. The lowest BCUT2D eigenvalue weighted by Crippen LogP contribution is -2.61. The first kappa shape index (κ1) is 72.5. The number of phenols is 1. The van der Waals surface area contributed by atoms with Crippen LogP contribution in [0.5, 0.6) is 5.75 Å². The third-order valence-corrected chi connectivity index (χ3v) is 15.9. The molecule has 0 aliphatic carbocycles. The summed E-state index contributed by atoms with van der Waals surface area (Å²) in [6.45, 7) is 7.50. The van der Waals surface area contributed by atoms with E-state index in [2.05, 4.69) is 42.5 Å². The minimum absolute atomic E-state index is 0.00195. The molecule has 2 heterocycles. The number of carboxylic acids is 2. The molecule has 28 heteroatoms. The summed E-state index contributed by atoms with van der Waals surface area (Å²) in [5.41, 5.74) is 18.8. The van der Waals surface area contributed by atoms with Gasteiger partial charge in [0.05, 0.1) is 18.9 Å². The van der Waals surface area contributed by atoms with Crippen LogP contribution in [0.1, 0.15) is 94.2 Å². The van der Waals surface area contributed by atoms with E-state index in [9.17, 15) is 72.9 Å². The first-order valence-electron chi connectivity index (χ1n) is 30.0. The molecule has 10 atom stereocenters. The number of aliphatic carboxylic acids is 2. The highest BCUT2D eigenvalue weighted by molar-refractivity contribution is 7.09. The van der Waals surface area contributed by atoms with Crippen molar-refractivity contribution in [3.05, 3.63) is 124 Å². The van der Waals surface area contributed by atoms with Crippen molar-refractivity contribution in [1.82, 2.24) is 47.4 Å². The lowest BCUT2D eigenvalue weighted by Gasteiger charge is -2.31. The van der Waals surface area contributed by atoms with Gasteiger partial charge in [0.25, 0.3) is 0 Å². The van der Waals surface area contributed by atoms with Crippen molar-refractivity contribution < 1.29 is 72.9 Å². The van der Waals surface area contributed by atoms with E-state index < -0.39 is 144 Å². The van der Waals surface area contributed by atoms with Crippen molar-refractivity contribution in [3.63, 3.8) is 0 Å². The number of benzene rings is 3. The first-order chi connectivity index (χ1) is 43.2. The second kappa shape index (κ2) is 35.8. The predicted octanol–water partition coefficient (Wildman–Crippen LogP) is -0.203. The number of amides is 10. The monoisotopic (exact) mass is 1280 g/mol. The van der Waals surface area contributed by atoms with Gasteiger partial charge in [-0.25, -0.2) is 4.79 Å². The first-order valence-corrected chi connectivity index (χ1v) is 30.9. The molecule has 10 amide bonds. The number of nitrogens with two attached hydrogens (primary N) is 3. The Labute approximate surface area is 531 Å². The summed E-state index contributed by atoms with van der Waals surface area (Å²) in [6, 6.07) is 11.5. The molecule has 1 aromatic heterocycles. The number of hydrogen-bond donors (Lipinski definition) is 14. The summed E-state index contributed by atoms with van der Waals surface area (Å²) >= 11 is 1.33. The molecular weight excluding hydrogens is 1200 g/mol. The van der Waals surface area contributed by atoms with E-state index in [1.807, 2.05) is 13.8 Å². The van der Waals surface area contributed by atoms with Gasteiger partial charge in [-0.05, 0) is 90.8 Å². The van der Waals surface area contributed by atoms with E-state index in [4.69, 9.17) is 17.2 Å². The van der Waals surface area contributed by atoms with Crippen LogP contribution < -0.4 is 59.7 Å². The molecule has 5 rings (SSSR count). The summed E-state index contributed by atoms with van der Waals surface area (Å²) < 4.78 is 0. The van der Waals surface area contributed by atoms with Crippen molar-refractivity contribution in [2.24, 2.45) is 29.0 Å². The fraction of sp³-hybridized carbons (Fsp3) is 0.460. The molecule has 91 heavy (non-hydrogen) atoms. The van der Waals surface area contributed by atoms with Gasteiger partial charge in [-0.1, -0.05) is 107 Å². The number of carbonyl (C=O) groups is 12. The number of nitrogens with zero attached hydrogens (tertiary/aromatic N) is 1. The molecule has 1 saturated heterocycles. The molecule has 1 fully saturated rings. The van der Waals surface area contributed by atoms with E-state index in [0.717, 1.165) is 0 Å². The van der Waals surface area contributed by atoms with Crippen molar-refractivity contribution >= 4 is 82.3 Å². The van der Waals surface area contributed by atoms with Gasteiger partial charge in [0.15, 0.2) is 0 Å². The normalized spacial score (nSPS) is 15.8. The van der Waals surface area contributed by atoms with Crippen molar-refractivity contribution in [2.75, 3.05) is 13.1 Å². The predicted molar refractivity (Wildman–Crippen MR) is 335 cm³/mol. The number of phenolic OH excluding ortho intramolecular Hbond substituents is 1. The van der Waals surface area contributed by atoms with E-state index in [-0.39, 0.29) is 75.6 Å². The van der Waals surface area contributed by atoms with E-state index in [0.29, 0.717) is 34.4 Å². The maximum atomic E-state index is 15.0. The summed E-state index contributed by atoms with van der Waals surface area (Å²) in [4.78, 5) is 167. The zero-order chi connectivity index (χ0) is 66.9. The van der Waals surface area contributed by atoms with E-state index in [1.165, 1.54) is 40.5 Å². The largest absolute Gasteiger partial charge is 0.508 e. The number of nitrogens with one attached hydrogen (secondary N) is 8. The Kier molecular flexibility index (Phi) is 28.5. The molecule has 1 aliphatic heterocycles. The van der Waals surface area contributed by atoms with Gasteiger partial charge < -0.3 is 80.0 Å². The molecule has 0 unspecified atom stereocenters. The Balaban J connectivity index is 1.40. The van der Waals surface area contributed by atoms with Gasteiger partial charge >= 0.3 is 11.9 Å². The molecular formula is C63H84N12O15S. The summed E-state index contributed by atoms with van der Waals surface area (Å²) in [5, 5.41) is 51.7. The minimum Gasteiger partial charge on any atom is -0.508 e. The summed E-state index contributed by atoms with van der Waals surface area (Å²) in [5.74, 6) is -12.6. The maximum absolute atomic E-state index is 15.0. The van der Waals surface area contributed by atoms with Gasteiger partial charge in [0, 0.05) is 37.1 Å². The Morgan fingerprint density at radius 1 is 0.549 bits per heavy atom. The van der Waals surface area contributed by atoms with Crippen LogP contribution in [-0.2, 0) is 83.2 Å². The van der Waals surface area contributed by atoms with Gasteiger partial charge in [-0.3, -0.25) is 52.7 Å². The van der Waals surface area contributed by atoms with Crippen molar-refractivity contribution in [2.45, 2.75) is 159 Å². The quantitative estimate of drug-likeness (QED) is 0.0280. The molecule has 0 bridgehead atoms.